The number of hydrogen-bond donors (Lipinski definition) is 1. The van der Waals surface area contributed by atoms with Crippen molar-refractivity contribution in [1.82, 2.24) is 10.2 Å². The molecule has 1 unspecified atom stereocenters. The average Bonchev–Trinajstić information content (AvgIpc) is 3.02. The first-order chi connectivity index (χ1) is 7.76. The first kappa shape index (κ1) is 11.9. The van der Waals surface area contributed by atoms with Crippen LogP contribution in [0.25, 0.3) is 0 Å². The minimum absolute atomic E-state index is 0.364. The molecule has 16 heavy (non-hydrogen) atoms. The Labute approximate surface area is 98.8 Å². The van der Waals surface area contributed by atoms with Crippen LogP contribution in [0.15, 0.2) is 0 Å². The van der Waals surface area contributed by atoms with E-state index in [2.05, 4.69) is 23.3 Å². The zero-order valence-corrected chi connectivity index (χ0v) is 10.3. The van der Waals surface area contributed by atoms with E-state index in [1.165, 1.54) is 38.6 Å². The number of hydrogen-bond acceptors (Lipinski definition) is 3. The highest BCUT2D eigenvalue weighted by atomic mass is 15.1. The lowest BCUT2D eigenvalue weighted by atomic mass is 10.0. The van der Waals surface area contributed by atoms with E-state index in [0.717, 1.165) is 25.6 Å². The molecule has 0 aromatic carbocycles. The second-order valence-electron chi connectivity index (χ2n) is 5.58. The minimum atomic E-state index is 0.364. The quantitative estimate of drug-likeness (QED) is 0.786. The first-order valence-electron chi connectivity index (χ1n) is 6.54. The maximum Gasteiger partial charge on any atom is 0.0628 e. The molecule has 3 heteroatoms. The molecule has 1 aliphatic heterocycles. The van der Waals surface area contributed by atoms with Crippen molar-refractivity contribution in [2.45, 2.75) is 44.6 Å². The largest absolute Gasteiger partial charge is 0.317 e. The molecule has 90 valence electrons. The van der Waals surface area contributed by atoms with Gasteiger partial charge in [0.2, 0.25) is 0 Å². The van der Waals surface area contributed by atoms with E-state index >= 15 is 0 Å². The summed E-state index contributed by atoms with van der Waals surface area (Å²) in [6.07, 6.45) is 7.14. The maximum absolute atomic E-state index is 8.83. The lowest BCUT2D eigenvalue weighted by Gasteiger charge is -2.30. The Morgan fingerprint density at radius 3 is 2.88 bits per heavy atom. The molecular weight excluding hydrogens is 198 g/mol. The van der Waals surface area contributed by atoms with Crippen LogP contribution in [0.3, 0.4) is 0 Å². The second kappa shape index (κ2) is 5.16. The van der Waals surface area contributed by atoms with Gasteiger partial charge >= 0.3 is 0 Å². The van der Waals surface area contributed by atoms with Gasteiger partial charge in [-0.2, -0.15) is 5.26 Å². The standard InChI is InChI=1S/C13H23N3/c1-16(11-13(5-6-13)7-8-14)12-3-2-9-15-10-4-12/h12,15H,2-7,9-11H2,1H3. The summed E-state index contributed by atoms with van der Waals surface area (Å²) >= 11 is 0. The summed E-state index contributed by atoms with van der Waals surface area (Å²) in [5, 5.41) is 12.3. The summed E-state index contributed by atoms with van der Waals surface area (Å²) in [6.45, 7) is 3.46. The molecule has 2 fully saturated rings. The van der Waals surface area contributed by atoms with Crippen molar-refractivity contribution >= 4 is 0 Å². The zero-order valence-electron chi connectivity index (χ0n) is 10.3. The summed E-state index contributed by atoms with van der Waals surface area (Å²) < 4.78 is 0. The van der Waals surface area contributed by atoms with Crippen molar-refractivity contribution in [3.8, 4) is 6.07 Å². The number of nitrogens with one attached hydrogen (secondary N) is 1. The highest BCUT2D eigenvalue weighted by molar-refractivity contribution is 5.01. The fourth-order valence-electron chi connectivity index (χ4n) is 2.83. The SMILES string of the molecule is CN(CC1(CC#N)CC1)C1CCCNCC1. The predicted octanol–water partition coefficient (Wildman–Crippen LogP) is 1.75. The van der Waals surface area contributed by atoms with Crippen LogP contribution in [0.5, 0.6) is 0 Å². The van der Waals surface area contributed by atoms with Gasteiger partial charge in [-0.05, 0) is 57.7 Å². The lowest BCUT2D eigenvalue weighted by molar-refractivity contribution is 0.184. The van der Waals surface area contributed by atoms with E-state index in [4.69, 9.17) is 5.26 Å². The van der Waals surface area contributed by atoms with Crippen molar-refractivity contribution in [2.75, 3.05) is 26.7 Å². The molecule has 3 nitrogen and oxygen atoms in total. The third-order valence-corrected chi connectivity index (χ3v) is 4.16. The summed E-state index contributed by atoms with van der Waals surface area (Å²) in [6, 6.07) is 3.08. The van der Waals surface area contributed by atoms with Gasteiger partial charge < -0.3 is 10.2 Å². The van der Waals surface area contributed by atoms with Crippen molar-refractivity contribution in [2.24, 2.45) is 5.41 Å². The maximum atomic E-state index is 8.83. The third kappa shape index (κ3) is 2.96. The van der Waals surface area contributed by atoms with Gasteiger partial charge in [-0.15, -0.1) is 0 Å². The lowest BCUT2D eigenvalue weighted by Crippen LogP contribution is -2.36. The molecule has 1 saturated heterocycles. The van der Waals surface area contributed by atoms with Crippen LogP contribution >= 0.6 is 0 Å². The molecule has 1 saturated carbocycles. The molecule has 0 radical (unpaired) electrons. The molecule has 1 heterocycles. The van der Waals surface area contributed by atoms with E-state index in [1.54, 1.807) is 0 Å². The molecule has 1 aliphatic carbocycles. The van der Waals surface area contributed by atoms with E-state index in [1.807, 2.05) is 0 Å². The van der Waals surface area contributed by atoms with E-state index in [0.29, 0.717) is 5.41 Å². The summed E-state index contributed by atoms with van der Waals surface area (Å²) in [7, 11) is 2.24. The van der Waals surface area contributed by atoms with Crippen LogP contribution in [0.4, 0.5) is 0 Å². The highest BCUT2D eigenvalue weighted by Crippen LogP contribution is 2.49. The minimum Gasteiger partial charge on any atom is -0.317 e. The Balaban J connectivity index is 1.82. The molecule has 0 aromatic heterocycles. The van der Waals surface area contributed by atoms with Gasteiger partial charge in [0.25, 0.3) is 0 Å². The topological polar surface area (TPSA) is 39.1 Å². The van der Waals surface area contributed by atoms with Gasteiger partial charge in [0.15, 0.2) is 0 Å². The van der Waals surface area contributed by atoms with Crippen molar-refractivity contribution in [3.63, 3.8) is 0 Å². The molecular formula is C13H23N3. The van der Waals surface area contributed by atoms with Crippen molar-refractivity contribution in [3.05, 3.63) is 0 Å². The van der Waals surface area contributed by atoms with Crippen LogP contribution in [-0.4, -0.2) is 37.6 Å². The molecule has 2 rings (SSSR count). The van der Waals surface area contributed by atoms with Gasteiger partial charge in [0.1, 0.15) is 0 Å². The van der Waals surface area contributed by atoms with Crippen LogP contribution < -0.4 is 5.32 Å². The van der Waals surface area contributed by atoms with Crippen molar-refractivity contribution < 1.29 is 0 Å². The zero-order chi connectivity index (χ0) is 11.4. The fourth-order valence-corrected chi connectivity index (χ4v) is 2.83. The number of rotatable bonds is 4. The summed E-state index contributed by atoms with van der Waals surface area (Å²) in [4.78, 5) is 2.51. The molecule has 1 atom stereocenters. The molecule has 0 spiro atoms. The molecule has 2 aliphatic rings. The van der Waals surface area contributed by atoms with Crippen LogP contribution in [0, 0.1) is 16.7 Å². The number of nitrogens with zero attached hydrogens (tertiary/aromatic N) is 2. The first-order valence-corrected chi connectivity index (χ1v) is 6.54. The summed E-state index contributed by atoms with van der Waals surface area (Å²) in [5.41, 5.74) is 0.364. The fraction of sp³-hybridized carbons (Fsp3) is 0.923. The van der Waals surface area contributed by atoms with Crippen molar-refractivity contribution in [1.29, 1.82) is 5.26 Å². The molecule has 1 N–H and O–H groups in total. The highest BCUT2D eigenvalue weighted by Gasteiger charge is 2.43. The molecule has 0 amide bonds. The van der Waals surface area contributed by atoms with Gasteiger partial charge in [-0.1, -0.05) is 0 Å². The smallest absolute Gasteiger partial charge is 0.0628 e. The Morgan fingerprint density at radius 2 is 2.19 bits per heavy atom. The van der Waals surface area contributed by atoms with Crippen LogP contribution in [0.1, 0.15) is 38.5 Å². The van der Waals surface area contributed by atoms with Gasteiger partial charge in [-0.25, -0.2) is 0 Å². The monoisotopic (exact) mass is 221 g/mol. The normalized spacial score (nSPS) is 28.4. The van der Waals surface area contributed by atoms with Crippen LogP contribution in [0.2, 0.25) is 0 Å². The Morgan fingerprint density at radius 1 is 1.38 bits per heavy atom. The van der Waals surface area contributed by atoms with Gasteiger partial charge in [-0.3, -0.25) is 0 Å². The van der Waals surface area contributed by atoms with Crippen LogP contribution in [-0.2, 0) is 0 Å². The molecule has 0 bridgehead atoms. The Hall–Kier alpha value is -0.590. The molecule has 0 aromatic rings. The third-order valence-electron chi connectivity index (χ3n) is 4.16. The average molecular weight is 221 g/mol. The second-order valence-corrected chi connectivity index (χ2v) is 5.58. The van der Waals surface area contributed by atoms with Gasteiger partial charge in [0.05, 0.1) is 6.07 Å². The van der Waals surface area contributed by atoms with Gasteiger partial charge in [0, 0.05) is 19.0 Å². The van der Waals surface area contributed by atoms with E-state index < -0.39 is 0 Å². The predicted molar refractivity (Wildman–Crippen MR) is 65.0 cm³/mol. The Kier molecular flexibility index (Phi) is 3.83. The summed E-state index contributed by atoms with van der Waals surface area (Å²) in [5.74, 6) is 0. The number of nitriles is 1. The Bertz CT molecular complexity index is 257. The van der Waals surface area contributed by atoms with E-state index in [-0.39, 0.29) is 0 Å². The van der Waals surface area contributed by atoms with E-state index in [9.17, 15) is 0 Å².